The van der Waals surface area contributed by atoms with Crippen molar-refractivity contribution in [2.75, 3.05) is 6.61 Å². The second-order valence-electron chi connectivity index (χ2n) is 4.66. The molecule has 0 spiro atoms. The Hall–Kier alpha value is -2.13. The van der Waals surface area contributed by atoms with Crippen LogP contribution in [0.2, 0.25) is 0 Å². The first-order valence-electron chi connectivity index (χ1n) is 6.13. The van der Waals surface area contributed by atoms with E-state index < -0.39 is 11.0 Å². The Balaban J connectivity index is 2.01. The smallest absolute Gasteiger partial charge is 0.311 e. The molecule has 19 heavy (non-hydrogen) atoms. The van der Waals surface area contributed by atoms with E-state index in [2.05, 4.69) is 11.4 Å². The fourth-order valence-corrected chi connectivity index (χ4v) is 1.72. The zero-order valence-electron chi connectivity index (χ0n) is 10.6. The summed E-state index contributed by atoms with van der Waals surface area (Å²) < 4.78 is 5.41. The fourth-order valence-electron chi connectivity index (χ4n) is 1.72. The molecule has 6 heteroatoms. The SMILES string of the molecule is Cc1ccc(OCC(C#N)NC2CC2)c([N+](=O)[O-])c1. The highest BCUT2D eigenvalue weighted by atomic mass is 16.6. The zero-order chi connectivity index (χ0) is 13.8. The zero-order valence-corrected chi connectivity index (χ0v) is 10.6. The van der Waals surface area contributed by atoms with Gasteiger partial charge in [-0.15, -0.1) is 0 Å². The highest BCUT2D eigenvalue weighted by Gasteiger charge is 2.25. The summed E-state index contributed by atoms with van der Waals surface area (Å²) in [6, 6.07) is 6.83. The summed E-state index contributed by atoms with van der Waals surface area (Å²) in [5.41, 5.74) is 0.732. The predicted octanol–water partition coefficient (Wildman–Crippen LogP) is 1.93. The van der Waals surface area contributed by atoms with Crippen molar-refractivity contribution in [1.29, 1.82) is 5.26 Å². The third kappa shape index (κ3) is 3.66. The Kier molecular flexibility index (Phi) is 3.97. The number of nitro benzene ring substituents is 1. The summed E-state index contributed by atoms with van der Waals surface area (Å²) in [6.07, 6.45) is 2.14. The molecule has 0 saturated heterocycles. The van der Waals surface area contributed by atoms with Gasteiger partial charge in [-0.05, 0) is 31.4 Å². The lowest BCUT2D eigenvalue weighted by atomic mass is 10.2. The minimum atomic E-state index is -0.474. The van der Waals surface area contributed by atoms with Gasteiger partial charge in [-0.25, -0.2) is 0 Å². The van der Waals surface area contributed by atoms with Crippen LogP contribution in [0.4, 0.5) is 5.69 Å². The maximum Gasteiger partial charge on any atom is 0.311 e. The van der Waals surface area contributed by atoms with Gasteiger partial charge in [0.05, 0.1) is 11.0 Å². The molecule has 1 aromatic rings. The van der Waals surface area contributed by atoms with Crippen molar-refractivity contribution in [3.05, 3.63) is 33.9 Å². The third-order valence-corrected chi connectivity index (χ3v) is 2.89. The van der Waals surface area contributed by atoms with Crippen molar-refractivity contribution < 1.29 is 9.66 Å². The highest BCUT2D eigenvalue weighted by molar-refractivity contribution is 5.48. The van der Waals surface area contributed by atoms with Crippen molar-refractivity contribution in [2.45, 2.75) is 31.8 Å². The standard InChI is InChI=1S/C13H15N3O3/c1-9-2-5-13(12(6-9)16(17)18)19-8-11(7-14)15-10-3-4-10/h2,5-6,10-11,15H,3-4,8H2,1H3. The normalized spacial score (nSPS) is 15.6. The van der Waals surface area contributed by atoms with E-state index in [9.17, 15) is 10.1 Å². The van der Waals surface area contributed by atoms with Crippen LogP contribution in [0.1, 0.15) is 18.4 Å². The Morgan fingerprint density at radius 2 is 2.37 bits per heavy atom. The van der Waals surface area contributed by atoms with Gasteiger partial charge in [0, 0.05) is 12.1 Å². The van der Waals surface area contributed by atoms with Crippen molar-refractivity contribution >= 4 is 5.69 Å². The van der Waals surface area contributed by atoms with Crippen LogP contribution in [0, 0.1) is 28.4 Å². The molecule has 1 fully saturated rings. The molecule has 0 bridgehead atoms. The van der Waals surface area contributed by atoms with E-state index in [1.807, 2.05) is 0 Å². The van der Waals surface area contributed by atoms with E-state index in [4.69, 9.17) is 10.00 Å². The highest BCUT2D eigenvalue weighted by Crippen LogP contribution is 2.28. The molecule has 1 saturated carbocycles. The molecule has 100 valence electrons. The number of hydrogen-bond donors (Lipinski definition) is 1. The van der Waals surface area contributed by atoms with Gasteiger partial charge in [0.1, 0.15) is 12.6 Å². The monoisotopic (exact) mass is 261 g/mol. The van der Waals surface area contributed by atoms with Gasteiger partial charge in [-0.2, -0.15) is 5.26 Å². The van der Waals surface area contributed by atoms with Crippen molar-refractivity contribution in [3.8, 4) is 11.8 Å². The van der Waals surface area contributed by atoms with Crippen molar-refractivity contribution in [1.82, 2.24) is 5.32 Å². The number of aryl methyl sites for hydroxylation is 1. The lowest BCUT2D eigenvalue weighted by Crippen LogP contribution is -2.34. The van der Waals surface area contributed by atoms with Crippen LogP contribution in [0.3, 0.4) is 0 Å². The minimum Gasteiger partial charge on any atom is -0.484 e. The average molecular weight is 261 g/mol. The van der Waals surface area contributed by atoms with Gasteiger partial charge in [-0.1, -0.05) is 6.07 Å². The van der Waals surface area contributed by atoms with E-state index in [1.165, 1.54) is 6.07 Å². The lowest BCUT2D eigenvalue weighted by Gasteiger charge is -2.12. The van der Waals surface area contributed by atoms with E-state index in [0.29, 0.717) is 6.04 Å². The van der Waals surface area contributed by atoms with E-state index >= 15 is 0 Å². The maximum atomic E-state index is 10.9. The second-order valence-corrected chi connectivity index (χ2v) is 4.66. The minimum absolute atomic E-state index is 0.0666. The van der Waals surface area contributed by atoms with Crippen LogP contribution in [0.25, 0.3) is 0 Å². The number of benzene rings is 1. The quantitative estimate of drug-likeness (QED) is 0.624. The predicted molar refractivity (Wildman–Crippen MR) is 68.9 cm³/mol. The molecule has 1 atom stereocenters. The van der Waals surface area contributed by atoms with Crippen LogP contribution >= 0.6 is 0 Å². The Bertz CT molecular complexity index is 520. The third-order valence-electron chi connectivity index (χ3n) is 2.89. The van der Waals surface area contributed by atoms with Crippen LogP contribution in [0.15, 0.2) is 18.2 Å². The first-order valence-corrected chi connectivity index (χ1v) is 6.13. The van der Waals surface area contributed by atoms with E-state index in [1.54, 1.807) is 19.1 Å². The first-order chi connectivity index (χ1) is 9.10. The molecule has 2 rings (SSSR count). The molecule has 1 N–H and O–H groups in total. The number of ether oxygens (including phenoxy) is 1. The van der Waals surface area contributed by atoms with Gasteiger partial charge in [0.2, 0.25) is 0 Å². The van der Waals surface area contributed by atoms with Gasteiger partial charge < -0.3 is 4.74 Å². The molecule has 0 heterocycles. The summed E-state index contributed by atoms with van der Waals surface area (Å²) in [5, 5.41) is 23.0. The van der Waals surface area contributed by atoms with E-state index in [-0.39, 0.29) is 18.0 Å². The van der Waals surface area contributed by atoms with Crippen LogP contribution < -0.4 is 10.1 Å². The average Bonchev–Trinajstić information content (AvgIpc) is 3.19. The Morgan fingerprint density at radius 3 is 2.95 bits per heavy atom. The summed E-state index contributed by atoms with van der Waals surface area (Å²) in [5.74, 6) is 0.202. The van der Waals surface area contributed by atoms with Crippen LogP contribution in [0.5, 0.6) is 5.75 Å². The number of nitrogens with zero attached hydrogens (tertiary/aromatic N) is 2. The molecule has 1 unspecified atom stereocenters. The summed E-state index contributed by atoms with van der Waals surface area (Å²) in [7, 11) is 0. The molecule has 0 aromatic heterocycles. The lowest BCUT2D eigenvalue weighted by molar-refractivity contribution is -0.385. The molecule has 0 amide bonds. The largest absolute Gasteiger partial charge is 0.484 e. The number of hydrogen-bond acceptors (Lipinski definition) is 5. The Morgan fingerprint density at radius 1 is 1.63 bits per heavy atom. The van der Waals surface area contributed by atoms with Crippen LogP contribution in [-0.2, 0) is 0 Å². The van der Waals surface area contributed by atoms with Gasteiger partial charge in [0.15, 0.2) is 5.75 Å². The number of nitriles is 1. The first kappa shape index (κ1) is 13.3. The number of rotatable bonds is 6. The second kappa shape index (κ2) is 5.67. The van der Waals surface area contributed by atoms with E-state index in [0.717, 1.165) is 18.4 Å². The van der Waals surface area contributed by atoms with Gasteiger partial charge in [0.25, 0.3) is 0 Å². The molecule has 6 nitrogen and oxygen atoms in total. The molecular formula is C13H15N3O3. The topological polar surface area (TPSA) is 88.2 Å². The fraction of sp³-hybridized carbons (Fsp3) is 0.462. The Labute approximate surface area is 111 Å². The molecular weight excluding hydrogens is 246 g/mol. The summed E-state index contributed by atoms with van der Waals surface area (Å²) in [4.78, 5) is 10.4. The summed E-state index contributed by atoms with van der Waals surface area (Å²) >= 11 is 0. The number of nitro groups is 1. The van der Waals surface area contributed by atoms with Gasteiger partial charge >= 0.3 is 5.69 Å². The van der Waals surface area contributed by atoms with Crippen molar-refractivity contribution in [2.24, 2.45) is 0 Å². The summed E-state index contributed by atoms with van der Waals surface area (Å²) in [6.45, 7) is 1.89. The molecule has 1 aliphatic carbocycles. The maximum absolute atomic E-state index is 10.9. The molecule has 1 aromatic carbocycles. The van der Waals surface area contributed by atoms with Crippen LogP contribution in [-0.4, -0.2) is 23.6 Å². The van der Waals surface area contributed by atoms with Crippen molar-refractivity contribution in [3.63, 3.8) is 0 Å². The molecule has 0 radical (unpaired) electrons. The molecule has 0 aliphatic heterocycles. The molecule has 1 aliphatic rings. The number of nitrogens with one attached hydrogen (secondary N) is 1. The van der Waals surface area contributed by atoms with Gasteiger partial charge in [-0.3, -0.25) is 15.4 Å².